The van der Waals surface area contributed by atoms with E-state index in [-0.39, 0.29) is 5.91 Å². The second kappa shape index (κ2) is 7.13. The Kier molecular flexibility index (Phi) is 4.75. The van der Waals surface area contributed by atoms with Crippen LogP contribution in [0.15, 0.2) is 54.9 Å². The zero-order valence-corrected chi connectivity index (χ0v) is 13.9. The molecule has 0 fully saturated rings. The predicted octanol–water partition coefficient (Wildman–Crippen LogP) is 3.94. The van der Waals surface area contributed by atoms with Crippen molar-refractivity contribution in [2.24, 2.45) is 0 Å². The van der Waals surface area contributed by atoms with Gasteiger partial charge in [-0.15, -0.1) is 0 Å². The second-order valence-electron chi connectivity index (χ2n) is 5.56. The fraction of sp³-hybridized carbons (Fsp3) is 0.200. The predicted molar refractivity (Wildman–Crippen MR) is 95.9 cm³/mol. The van der Waals surface area contributed by atoms with Crippen LogP contribution < -0.4 is 10.1 Å². The van der Waals surface area contributed by atoms with Gasteiger partial charge in [-0.25, -0.2) is 0 Å². The Morgan fingerprint density at radius 3 is 2.58 bits per heavy atom. The summed E-state index contributed by atoms with van der Waals surface area (Å²) in [6, 6.07) is 14.2. The number of fused-ring (bicyclic) bond motifs is 1. The molecule has 0 bridgehead atoms. The molecule has 0 atom stereocenters. The van der Waals surface area contributed by atoms with E-state index in [0.717, 1.165) is 33.2 Å². The Hall–Kier alpha value is -2.88. The van der Waals surface area contributed by atoms with Crippen LogP contribution in [0.2, 0.25) is 0 Å². The third kappa shape index (κ3) is 3.38. The van der Waals surface area contributed by atoms with E-state index in [1.54, 1.807) is 6.20 Å². The molecule has 0 saturated carbocycles. The molecule has 1 aromatic heterocycles. The first-order valence-corrected chi connectivity index (χ1v) is 8.02. The molecule has 2 aromatic carbocycles. The fourth-order valence-electron chi connectivity index (χ4n) is 2.77. The lowest BCUT2D eigenvalue weighted by Crippen LogP contribution is -2.19. The van der Waals surface area contributed by atoms with E-state index in [0.29, 0.717) is 13.2 Å². The zero-order chi connectivity index (χ0) is 16.9. The van der Waals surface area contributed by atoms with Gasteiger partial charge in [0.1, 0.15) is 5.75 Å². The van der Waals surface area contributed by atoms with Crippen molar-refractivity contribution in [1.29, 1.82) is 0 Å². The Balaban J connectivity index is 2.03. The van der Waals surface area contributed by atoms with Crippen LogP contribution in [0.25, 0.3) is 21.9 Å². The van der Waals surface area contributed by atoms with Gasteiger partial charge in [0, 0.05) is 31.2 Å². The van der Waals surface area contributed by atoms with Crippen LogP contribution >= 0.6 is 0 Å². The largest absolute Gasteiger partial charge is 0.494 e. The van der Waals surface area contributed by atoms with Crippen molar-refractivity contribution in [3.05, 3.63) is 60.4 Å². The van der Waals surface area contributed by atoms with Crippen molar-refractivity contribution in [2.75, 3.05) is 6.61 Å². The van der Waals surface area contributed by atoms with Gasteiger partial charge in [0.25, 0.3) is 0 Å². The summed E-state index contributed by atoms with van der Waals surface area (Å²) in [5.74, 6) is 0.831. The average Bonchev–Trinajstić information content (AvgIpc) is 2.60. The highest BCUT2D eigenvalue weighted by Gasteiger charge is 2.08. The Bertz CT molecular complexity index is 857. The van der Waals surface area contributed by atoms with Crippen molar-refractivity contribution in [3.63, 3.8) is 0 Å². The van der Waals surface area contributed by atoms with Crippen molar-refractivity contribution >= 4 is 16.7 Å². The zero-order valence-electron chi connectivity index (χ0n) is 13.9. The molecule has 122 valence electrons. The number of aromatic nitrogens is 1. The Labute approximate surface area is 141 Å². The number of hydrogen-bond donors (Lipinski definition) is 1. The van der Waals surface area contributed by atoms with Gasteiger partial charge in [-0.3, -0.25) is 9.78 Å². The molecule has 4 nitrogen and oxygen atoms in total. The van der Waals surface area contributed by atoms with Crippen LogP contribution in [0.5, 0.6) is 5.75 Å². The highest BCUT2D eigenvalue weighted by atomic mass is 16.5. The van der Waals surface area contributed by atoms with E-state index in [9.17, 15) is 4.79 Å². The molecule has 3 rings (SSSR count). The third-order valence-corrected chi connectivity index (χ3v) is 3.91. The van der Waals surface area contributed by atoms with E-state index in [1.165, 1.54) is 6.92 Å². The summed E-state index contributed by atoms with van der Waals surface area (Å²) in [5, 5.41) is 5.03. The number of benzene rings is 2. The quantitative estimate of drug-likeness (QED) is 0.775. The molecule has 1 heterocycles. The number of carbonyl (C=O) groups is 1. The molecule has 3 aromatic rings. The van der Waals surface area contributed by atoms with E-state index in [1.807, 2.05) is 37.4 Å². The number of ether oxygens (including phenoxy) is 1. The minimum absolute atomic E-state index is 0.0392. The molecule has 24 heavy (non-hydrogen) atoms. The van der Waals surface area contributed by atoms with Crippen LogP contribution in [0.1, 0.15) is 19.4 Å². The first kappa shape index (κ1) is 16.0. The number of pyridine rings is 1. The smallest absolute Gasteiger partial charge is 0.217 e. The first-order chi connectivity index (χ1) is 11.7. The molecular weight excluding hydrogens is 300 g/mol. The lowest BCUT2D eigenvalue weighted by Gasteiger charge is -2.12. The molecule has 4 heteroatoms. The van der Waals surface area contributed by atoms with Gasteiger partial charge in [0.15, 0.2) is 0 Å². The van der Waals surface area contributed by atoms with Gasteiger partial charge in [-0.05, 0) is 47.2 Å². The van der Waals surface area contributed by atoms with Crippen LogP contribution in [0, 0.1) is 0 Å². The highest BCUT2D eigenvalue weighted by molar-refractivity contribution is 5.98. The number of amides is 1. The van der Waals surface area contributed by atoms with Gasteiger partial charge in [-0.1, -0.05) is 24.3 Å². The maximum atomic E-state index is 11.2. The summed E-state index contributed by atoms with van der Waals surface area (Å²) < 4.78 is 5.51. The lowest BCUT2D eigenvalue weighted by molar-refractivity contribution is -0.119. The van der Waals surface area contributed by atoms with Crippen molar-refractivity contribution in [1.82, 2.24) is 10.3 Å². The summed E-state index contributed by atoms with van der Waals surface area (Å²) in [7, 11) is 0. The third-order valence-electron chi connectivity index (χ3n) is 3.91. The van der Waals surface area contributed by atoms with Crippen molar-refractivity contribution < 1.29 is 9.53 Å². The van der Waals surface area contributed by atoms with Crippen LogP contribution in [-0.2, 0) is 11.3 Å². The second-order valence-corrected chi connectivity index (χ2v) is 5.56. The monoisotopic (exact) mass is 320 g/mol. The lowest BCUT2D eigenvalue weighted by atomic mass is 9.96. The number of carbonyl (C=O) groups excluding carboxylic acids is 1. The summed E-state index contributed by atoms with van der Waals surface area (Å²) in [5.41, 5.74) is 3.32. The summed E-state index contributed by atoms with van der Waals surface area (Å²) in [4.78, 5) is 15.4. The molecule has 1 N–H and O–H groups in total. The molecule has 0 aliphatic carbocycles. The van der Waals surface area contributed by atoms with E-state index < -0.39 is 0 Å². The summed E-state index contributed by atoms with van der Waals surface area (Å²) in [6.07, 6.45) is 3.65. The van der Waals surface area contributed by atoms with Gasteiger partial charge in [-0.2, -0.15) is 0 Å². The fourth-order valence-corrected chi connectivity index (χ4v) is 2.77. The number of hydrogen-bond acceptors (Lipinski definition) is 3. The minimum atomic E-state index is -0.0392. The number of rotatable bonds is 5. The Morgan fingerprint density at radius 2 is 1.88 bits per heavy atom. The SMILES string of the molecule is CCOc1ccc(-c2ccc(CNC(C)=O)c3cnccc23)cc1. The molecular formula is C20H20N2O2. The molecule has 0 saturated heterocycles. The molecule has 0 unspecified atom stereocenters. The first-order valence-electron chi connectivity index (χ1n) is 8.02. The van der Waals surface area contributed by atoms with Crippen LogP contribution in [0.3, 0.4) is 0 Å². The van der Waals surface area contributed by atoms with E-state index >= 15 is 0 Å². The normalized spacial score (nSPS) is 10.6. The van der Waals surface area contributed by atoms with Crippen LogP contribution in [0.4, 0.5) is 0 Å². The van der Waals surface area contributed by atoms with Crippen molar-refractivity contribution in [3.8, 4) is 16.9 Å². The van der Waals surface area contributed by atoms with Crippen molar-refractivity contribution in [2.45, 2.75) is 20.4 Å². The number of nitrogens with one attached hydrogen (secondary N) is 1. The summed E-state index contributed by atoms with van der Waals surface area (Å²) in [6.45, 7) is 4.66. The minimum Gasteiger partial charge on any atom is -0.494 e. The highest BCUT2D eigenvalue weighted by Crippen LogP contribution is 2.31. The van der Waals surface area contributed by atoms with Gasteiger partial charge in [0.05, 0.1) is 6.61 Å². The van der Waals surface area contributed by atoms with E-state index in [2.05, 4.69) is 28.5 Å². The molecule has 0 spiro atoms. The van der Waals surface area contributed by atoms with Crippen LogP contribution in [-0.4, -0.2) is 17.5 Å². The van der Waals surface area contributed by atoms with Gasteiger partial charge < -0.3 is 10.1 Å². The summed E-state index contributed by atoms with van der Waals surface area (Å²) >= 11 is 0. The Morgan fingerprint density at radius 1 is 1.08 bits per heavy atom. The average molecular weight is 320 g/mol. The molecule has 1 amide bonds. The molecule has 0 aliphatic heterocycles. The standard InChI is InChI=1S/C20H20N2O2/c1-3-24-17-7-4-15(5-8-17)18-9-6-16(12-22-14(2)23)20-13-21-11-10-19(18)20/h4-11,13H,3,12H2,1-2H3,(H,22,23). The van der Waals surface area contributed by atoms with Gasteiger partial charge in [0.2, 0.25) is 5.91 Å². The topological polar surface area (TPSA) is 51.2 Å². The van der Waals surface area contributed by atoms with E-state index in [4.69, 9.17) is 4.74 Å². The maximum absolute atomic E-state index is 11.2. The maximum Gasteiger partial charge on any atom is 0.217 e. The molecule has 0 aliphatic rings. The van der Waals surface area contributed by atoms with Gasteiger partial charge >= 0.3 is 0 Å². The number of nitrogens with zero attached hydrogens (tertiary/aromatic N) is 1. The molecule has 0 radical (unpaired) electrons.